The molecule has 12 rings (SSSR count). The van der Waals surface area contributed by atoms with Crippen LogP contribution in [0.1, 0.15) is 89.5 Å². The summed E-state index contributed by atoms with van der Waals surface area (Å²) in [6.45, 7) is 13.2. The Morgan fingerprint density at radius 1 is 0.472 bits per heavy atom. The first-order valence-corrected chi connectivity index (χ1v) is 38.7. The number of hydrogen-bond acceptors (Lipinski definition) is 12. The van der Waals surface area contributed by atoms with Gasteiger partial charge in [0.2, 0.25) is 6.54 Å². The molecule has 6 aliphatic carbocycles. The van der Waals surface area contributed by atoms with Crippen molar-refractivity contribution in [3.05, 3.63) is 262 Å². The van der Waals surface area contributed by atoms with Crippen molar-refractivity contribution in [2.45, 2.75) is 70.6 Å². The molecule has 0 aliphatic heterocycles. The number of halogens is 6. The van der Waals surface area contributed by atoms with Crippen molar-refractivity contribution in [3.63, 3.8) is 0 Å². The number of aryl methyl sites for hydroxylation is 3. The Bertz CT molecular complexity index is 3880. The zero-order chi connectivity index (χ0) is 74.4. The number of benzene rings is 6. The molecule has 0 saturated heterocycles. The van der Waals surface area contributed by atoms with Gasteiger partial charge in [-0.05, 0) is 187 Å². The van der Waals surface area contributed by atoms with Gasteiger partial charge in [-0.3, -0.25) is 4.79 Å². The molecule has 6 aromatic rings. The molecule has 4 saturated carbocycles. The van der Waals surface area contributed by atoms with Crippen LogP contribution in [0.5, 0.6) is 17.2 Å². The number of esters is 1. The van der Waals surface area contributed by atoms with Gasteiger partial charge in [-0.25, -0.2) is 4.99 Å². The van der Waals surface area contributed by atoms with Crippen LogP contribution in [0, 0.1) is 48.9 Å². The molecule has 4 fully saturated rings. The topological polar surface area (TPSA) is 133 Å². The maximum absolute atomic E-state index is 13.0. The molecule has 6 aliphatic rings. The Kier molecular flexibility index (Phi) is 29.4. The van der Waals surface area contributed by atoms with Gasteiger partial charge in [0.15, 0.2) is 5.71 Å². The third kappa shape index (κ3) is 25.9. The summed E-state index contributed by atoms with van der Waals surface area (Å²) >= 11 is 0. The fourth-order valence-corrected chi connectivity index (χ4v) is 14.9. The first kappa shape index (κ1) is 80.1. The summed E-state index contributed by atoms with van der Waals surface area (Å²) in [4.78, 5) is 16.4. The van der Waals surface area contributed by atoms with Gasteiger partial charge in [-0.2, -0.15) is 0 Å². The zero-order valence-corrected chi connectivity index (χ0v) is 61.5. The van der Waals surface area contributed by atoms with Crippen LogP contribution in [0.3, 0.4) is 0 Å². The Hall–Kier alpha value is -8.41. The number of hydrogen-bond donors (Lipinski definition) is 1. The number of carbonyl (C=O) groups is 1. The van der Waals surface area contributed by atoms with E-state index in [4.69, 9.17) is 52.1 Å². The van der Waals surface area contributed by atoms with Crippen molar-refractivity contribution in [3.8, 4) is 29.1 Å². The number of carbonyl (C=O) groups excluding carboxylic acids is 1. The van der Waals surface area contributed by atoms with Crippen LogP contribution >= 0.6 is 7.81 Å². The summed E-state index contributed by atoms with van der Waals surface area (Å²) in [6.07, 6.45) is 27.9. The predicted octanol–water partition coefficient (Wildman–Crippen LogP) is 16.9. The monoisotopic (exact) mass is 1480 g/mol. The quantitative estimate of drug-likeness (QED) is 0.00984. The number of nitrogens with one attached hydrogen (secondary N) is 1. The SMILES string of the molecule is Cc1cc(C(c2ccccc2)(c2ccccc2)c2ccccc2)cc(C)c1OCCOc1ccc(CCCOCCOCCOCCOCCOCC#CC[NH+]=C2C=CC(=C3C=CC=C(c4ccc(OCCOCCOCCOC(=O)C56CC7CC(CC(C7)C5)C6)cc4)C=C3)C=C2)cc1.F[P-](F)(F)(F)(F)F. The van der Waals surface area contributed by atoms with E-state index in [2.05, 4.69) is 213 Å². The van der Waals surface area contributed by atoms with Crippen molar-refractivity contribution in [2.24, 2.45) is 23.2 Å². The second kappa shape index (κ2) is 38.9. The molecule has 4 bridgehead atoms. The van der Waals surface area contributed by atoms with E-state index in [9.17, 15) is 30.0 Å². The second-order valence-electron chi connectivity index (χ2n) is 27.2. The summed E-state index contributed by atoms with van der Waals surface area (Å²) in [5.74, 6) is 10.9. The van der Waals surface area contributed by atoms with Crippen molar-refractivity contribution in [1.82, 2.24) is 0 Å². The summed E-state index contributed by atoms with van der Waals surface area (Å²) < 4.78 is 123. The first-order chi connectivity index (χ1) is 51.3. The molecule has 0 spiro atoms. The number of allylic oxidation sites excluding steroid dienone is 12. The van der Waals surface area contributed by atoms with Crippen LogP contribution in [-0.2, 0) is 54.5 Å². The summed E-state index contributed by atoms with van der Waals surface area (Å²) in [7, 11) is -10.7. The van der Waals surface area contributed by atoms with Gasteiger partial charge in [0, 0.05) is 18.8 Å². The van der Waals surface area contributed by atoms with Crippen LogP contribution in [0.25, 0.3) is 5.57 Å². The van der Waals surface area contributed by atoms with E-state index in [1.54, 1.807) is 0 Å². The molecular weight excluding hydrogens is 1380 g/mol. The predicted molar refractivity (Wildman–Crippen MR) is 403 cm³/mol. The van der Waals surface area contributed by atoms with Crippen LogP contribution in [0.15, 0.2) is 217 Å². The van der Waals surface area contributed by atoms with E-state index < -0.39 is 13.2 Å². The standard InChI is InChI=1S/C86H97NO12.F6P/c1-66-58-79(86(76-19-6-3-7-20-76,77-21-8-4-9-22-77)78-23-10-5-11-24-78)59-67(2)83(66)98-57-56-97-81-35-25-68(26-36-81)16-15-41-90-43-45-92-47-49-93-48-46-91-44-42-89-40-13-12-39-87-80-33-29-74(30-34-80)72-17-14-18-73(28-27-72)75-31-37-82(38-32-75)96-54-52-94-50-51-95-53-55-99-84(88)85-63-69-60-70(64-85)62-71(61-69)65-85;1-7(2,3,4,5)6/h3-11,14,17-38,58-59,69-71H,15-16,39-57,60-65H2,1-2H3;/q;-1/p+1. The molecular formula is C86H98F6NO12P. The van der Waals surface area contributed by atoms with E-state index in [0.29, 0.717) is 125 Å². The molecule has 6 aromatic carbocycles. The van der Waals surface area contributed by atoms with Crippen molar-refractivity contribution in [2.75, 3.05) is 125 Å². The Labute approximate surface area is 619 Å². The molecule has 1 N–H and O–H groups in total. The van der Waals surface area contributed by atoms with Gasteiger partial charge in [0.25, 0.3) is 0 Å². The first-order valence-electron chi connectivity index (χ1n) is 36.6. The Balaban J connectivity index is 0.00000163. The van der Waals surface area contributed by atoms with Gasteiger partial charge in [0.1, 0.15) is 50.3 Å². The molecule has 566 valence electrons. The van der Waals surface area contributed by atoms with E-state index >= 15 is 0 Å². The second-order valence-corrected chi connectivity index (χ2v) is 29.1. The molecule has 0 atom stereocenters. The Morgan fingerprint density at radius 2 is 0.896 bits per heavy atom. The third-order valence-corrected chi connectivity index (χ3v) is 19.2. The number of ether oxygens (including phenoxy) is 11. The average Bonchev–Trinajstić information content (AvgIpc) is 0.760. The molecule has 0 amide bonds. The van der Waals surface area contributed by atoms with Gasteiger partial charge < -0.3 is 52.1 Å². The van der Waals surface area contributed by atoms with Gasteiger partial charge in [0.05, 0.1) is 90.1 Å². The minimum atomic E-state index is -10.7. The number of rotatable bonds is 39. The van der Waals surface area contributed by atoms with Gasteiger partial charge >= 0.3 is 39.0 Å². The fraction of sp³-hybridized carbons (Fsp3) is 0.395. The summed E-state index contributed by atoms with van der Waals surface area (Å²) in [5, 5.41) is 0. The summed E-state index contributed by atoms with van der Waals surface area (Å²) in [6, 6.07) is 53.4. The van der Waals surface area contributed by atoms with Crippen LogP contribution in [0.2, 0.25) is 0 Å². The molecule has 0 unspecified atom stereocenters. The molecule has 13 nitrogen and oxygen atoms in total. The molecule has 0 aromatic heterocycles. The minimum absolute atomic E-state index is 0.0118. The maximum atomic E-state index is 13.0. The molecule has 106 heavy (non-hydrogen) atoms. The average molecular weight is 1480 g/mol. The van der Waals surface area contributed by atoms with Gasteiger partial charge in [-0.1, -0.05) is 164 Å². The molecule has 0 radical (unpaired) electrons. The van der Waals surface area contributed by atoms with Crippen molar-refractivity contribution >= 4 is 25.1 Å². The molecule has 0 heterocycles. The van der Waals surface area contributed by atoms with E-state index in [1.165, 1.54) is 47.1 Å². The third-order valence-electron chi connectivity index (χ3n) is 19.2. The Morgan fingerprint density at radius 3 is 1.41 bits per heavy atom. The van der Waals surface area contributed by atoms with E-state index in [-0.39, 0.29) is 11.4 Å². The van der Waals surface area contributed by atoms with Crippen molar-refractivity contribution in [1.29, 1.82) is 0 Å². The zero-order valence-electron chi connectivity index (χ0n) is 60.6. The van der Waals surface area contributed by atoms with E-state index in [0.717, 1.165) is 106 Å². The van der Waals surface area contributed by atoms with E-state index in [1.807, 2.05) is 24.3 Å². The van der Waals surface area contributed by atoms with Crippen LogP contribution in [0.4, 0.5) is 25.2 Å². The van der Waals surface area contributed by atoms with Crippen LogP contribution < -0.4 is 19.2 Å². The fourth-order valence-electron chi connectivity index (χ4n) is 14.9. The van der Waals surface area contributed by atoms with Crippen LogP contribution in [-0.4, -0.2) is 137 Å². The van der Waals surface area contributed by atoms with Gasteiger partial charge in [-0.15, -0.1) is 0 Å². The normalized spacial score (nSPS) is 18.5. The van der Waals surface area contributed by atoms with Crippen molar-refractivity contribution < 1.29 is 87.1 Å². The molecule has 20 heteroatoms. The summed E-state index contributed by atoms with van der Waals surface area (Å²) in [5.41, 5.74) is 13.0.